The molecule has 2 N–H and O–H groups in total. The zero-order chi connectivity index (χ0) is 11.4. The van der Waals surface area contributed by atoms with E-state index in [1.807, 2.05) is 20.8 Å². The summed E-state index contributed by atoms with van der Waals surface area (Å²) in [4.78, 5) is 11.7. The Bertz CT molecular complexity index is 344. The Morgan fingerprint density at radius 1 is 1.60 bits per heavy atom. The molecule has 4 nitrogen and oxygen atoms in total. The molecule has 0 fully saturated rings. The highest BCUT2D eigenvalue weighted by atomic mass is 16.5. The van der Waals surface area contributed by atoms with Crippen LogP contribution >= 0.6 is 0 Å². The number of carbonyl (C=O) groups is 1. The van der Waals surface area contributed by atoms with Crippen molar-refractivity contribution < 1.29 is 9.53 Å². The van der Waals surface area contributed by atoms with Gasteiger partial charge in [0.15, 0.2) is 0 Å². The van der Waals surface area contributed by atoms with E-state index >= 15 is 0 Å². The lowest BCUT2D eigenvalue weighted by atomic mass is 10.3. The normalized spacial score (nSPS) is 12.5. The van der Waals surface area contributed by atoms with Crippen molar-refractivity contribution in [1.82, 2.24) is 4.57 Å². The van der Waals surface area contributed by atoms with Crippen LogP contribution in [0.1, 0.15) is 37.7 Å². The van der Waals surface area contributed by atoms with Crippen molar-refractivity contribution in [1.29, 1.82) is 0 Å². The largest absolute Gasteiger partial charge is 0.458 e. The third kappa shape index (κ3) is 2.75. The summed E-state index contributed by atoms with van der Waals surface area (Å²) >= 11 is 0. The molecule has 1 rings (SSSR count). The number of esters is 1. The van der Waals surface area contributed by atoms with Gasteiger partial charge in [0, 0.05) is 12.7 Å². The van der Waals surface area contributed by atoms with Gasteiger partial charge in [0.05, 0.1) is 11.8 Å². The molecule has 15 heavy (non-hydrogen) atoms. The maximum absolute atomic E-state index is 11.7. The Hall–Kier alpha value is -1.45. The van der Waals surface area contributed by atoms with Crippen molar-refractivity contribution in [2.45, 2.75) is 39.8 Å². The van der Waals surface area contributed by atoms with E-state index in [0.717, 1.165) is 6.42 Å². The van der Waals surface area contributed by atoms with Crippen LogP contribution in [0, 0.1) is 0 Å². The number of nitrogens with zero attached hydrogens (tertiary/aromatic N) is 1. The molecular formula is C11H18N2O2. The summed E-state index contributed by atoms with van der Waals surface area (Å²) in [7, 11) is 0. The number of nitrogens with two attached hydrogens (primary N) is 1. The number of aromatic nitrogens is 1. The number of carbonyl (C=O) groups excluding carboxylic acids is 1. The number of hydrogen-bond donors (Lipinski definition) is 1. The van der Waals surface area contributed by atoms with E-state index in [2.05, 4.69) is 0 Å². The predicted octanol–water partition coefficient (Wildman–Crippen LogP) is 2.05. The monoisotopic (exact) mass is 210 g/mol. The Labute approximate surface area is 90.0 Å². The van der Waals surface area contributed by atoms with Gasteiger partial charge in [0.25, 0.3) is 0 Å². The third-order valence-electron chi connectivity index (χ3n) is 2.35. The van der Waals surface area contributed by atoms with Gasteiger partial charge in [-0.3, -0.25) is 0 Å². The average Bonchev–Trinajstić information content (AvgIpc) is 2.59. The molecule has 1 heterocycles. The summed E-state index contributed by atoms with van der Waals surface area (Å²) < 4.78 is 7.02. The summed E-state index contributed by atoms with van der Waals surface area (Å²) in [6, 6.07) is 1.65. The maximum Gasteiger partial charge on any atom is 0.355 e. The summed E-state index contributed by atoms with van der Waals surface area (Å²) in [6.45, 7) is 6.52. The molecule has 84 valence electrons. The Kier molecular flexibility index (Phi) is 3.77. The lowest BCUT2D eigenvalue weighted by Crippen LogP contribution is -2.17. The first kappa shape index (κ1) is 11.6. The van der Waals surface area contributed by atoms with Crippen molar-refractivity contribution in [3.05, 3.63) is 18.0 Å². The molecule has 0 aromatic carbocycles. The van der Waals surface area contributed by atoms with E-state index in [4.69, 9.17) is 10.5 Å². The fourth-order valence-electron chi connectivity index (χ4n) is 1.29. The number of ether oxygens (including phenoxy) is 1. The van der Waals surface area contributed by atoms with Crippen LogP contribution in [0.4, 0.5) is 5.69 Å². The van der Waals surface area contributed by atoms with Gasteiger partial charge in [-0.15, -0.1) is 0 Å². The maximum atomic E-state index is 11.7. The lowest BCUT2D eigenvalue weighted by molar-refractivity contribution is 0.0322. The second-order valence-electron chi connectivity index (χ2n) is 3.57. The van der Waals surface area contributed by atoms with Crippen molar-refractivity contribution in [3.63, 3.8) is 0 Å². The van der Waals surface area contributed by atoms with E-state index in [9.17, 15) is 4.79 Å². The highest BCUT2D eigenvalue weighted by molar-refractivity contribution is 5.89. The van der Waals surface area contributed by atoms with Gasteiger partial charge >= 0.3 is 5.97 Å². The van der Waals surface area contributed by atoms with Crippen LogP contribution in [0.5, 0.6) is 0 Å². The molecule has 4 heteroatoms. The van der Waals surface area contributed by atoms with Crippen LogP contribution in [-0.4, -0.2) is 16.6 Å². The minimum atomic E-state index is -0.303. The molecular weight excluding hydrogens is 192 g/mol. The summed E-state index contributed by atoms with van der Waals surface area (Å²) in [6.07, 6.45) is 2.50. The lowest BCUT2D eigenvalue weighted by Gasteiger charge is -2.11. The van der Waals surface area contributed by atoms with E-state index in [1.54, 1.807) is 16.8 Å². The number of anilines is 1. The predicted molar refractivity (Wildman–Crippen MR) is 59.7 cm³/mol. The minimum absolute atomic E-state index is 0.0565. The molecule has 1 unspecified atom stereocenters. The zero-order valence-electron chi connectivity index (χ0n) is 9.49. The first-order valence-corrected chi connectivity index (χ1v) is 5.25. The Morgan fingerprint density at radius 2 is 2.27 bits per heavy atom. The summed E-state index contributed by atoms with van der Waals surface area (Å²) in [5.74, 6) is -0.303. The molecule has 0 saturated carbocycles. The molecule has 0 saturated heterocycles. The zero-order valence-corrected chi connectivity index (χ0v) is 9.49. The third-order valence-corrected chi connectivity index (χ3v) is 2.35. The van der Waals surface area contributed by atoms with Crippen LogP contribution < -0.4 is 5.73 Å². The Balaban J connectivity index is 2.81. The first-order chi connectivity index (χ1) is 7.08. The quantitative estimate of drug-likeness (QED) is 0.774. The molecule has 0 amide bonds. The van der Waals surface area contributed by atoms with Gasteiger partial charge in [-0.05, 0) is 26.3 Å². The van der Waals surface area contributed by atoms with Gasteiger partial charge in [-0.25, -0.2) is 4.79 Å². The Morgan fingerprint density at radius 3 is 2.80 bits per heavy atom. The molecule has 1 aromatic heterocycles. The first-order valence-electron chi connectivity index (χ1n) is 5.25. The SMILES string of the molecule is CCC(C)OC(=O)c1cc(N)cn1CC. The number of aryl methyl sites for hydroxylation is 1. The van der Waals surface area contributed by atoms with Crippen molar-refractivity contribution in [2.75, 3.05) is 5.73 Å². The van der Waals surface area contributed by atoms with Crippen LogP contribution in [0.25, 0.3) is 0 Å². The van der Waals surface area contributed by atoms with Gasteiger partial charge in [-0.2, -0.15) is 0 Å². The van der Waals surface area contributed by atoms with E-state index in [1.165, 1.54) is 0 Å². The second-order valence-corrected chi connectivity index (χ2v) is 3.57. The van der Waals surface area contributed by atoms with Crippen LogP contribution in [-0.2, 0) is 11.3 Å². The van der Waals surface area contributed by atoms with E-state index in [-0.39, 0.29) is 12.1 Å². The standard InChI is InChI=1S/C11H18N2O2/c1-4-8(3)15-11(14)10-6-9(12)7-13(10)5-2/h6-8H,4-5,12H2,1-3H3. The minimum Gasteiger partial charge on any atom is -0.458 e. The van der Waals surface area contributed by atoms with Crippen molar-refractivity contribution >= 4 is 11.7 Å². The van der Waals surface area contributed by atoms with Gasteiger partial charge < -0.3 is 15.0 Å². The summed E-state index contributed by atoms with van der Waals surface area (Å²) in [5.41, 5.74) is 6.74. The van der Waals surface area contributed by atoms with E-state index < -0.39 is 0 Å². The molecule has 1 atom stereocenters. The molecule has 0 aliphatic carbocycles. The highest BCUT2D eigenvalue weighted by Crippen LogP contribution is 2.13. The molecule has 0 aliphatic heterocycles. The number of hydrogen-bond acceptors (Lipinski definition) is 3. The fraction of sp³-hybridized carbons (Fsp3) is 0.545. The molecule has 0 bridgehead atoms. The molecule has 0 aliphatic rings. The molecule has 0 radical (unpaired) electrons. The topological polar surface area (TPSA) is 57.2 Å². The average molecular weight is 210 g/mol. The highest BCUT2D eigenvalue weighted by Gasteiger charge is 2.15. The van der Waals surface area contributed by atoms with Gasteiger partial charge in [-0.1, -0.05) is 6.92 Å². The van der Waals surface area contributed by atoms with Crippen LogP contribution in [0.3, 0.4) is 0 Å². The van der Waals surface area contributed by atoms with Crippen molar-refractivity contribution in [2.24, 2.45) is 0 Å². The van der Waals surface area contributed by atoms with Crippen LogP contribution in [0.15, 0.2) is 12.3 Å². The number of rotatable bonds is 4. The molecule has 0 spiro atoms. The molecule has 1 aromatic rings. The second kappa shape index (κ2) is 4.87. The summed E-state index contributed by atoms with van der Waals surface area (Å²) in [5, 5.41) is 0. The van der Waals surface area contributed by atoms with Gasteiger partial charge in [0.1, 0.15) is 5.69 Å². The van der Waals surface area contributed by atoms with Gasteiger partial charge in [0.2, 0.25) is 0 Å². The number of nitrogen functional groups attached to an aromatic ring is 1. The van der Waals surface area contributed by atoms with Crippen molar-refractivity contribution in [3.8, 4) is 0 Å². The smallest absolute Gasteiger partial charge is 0.355 e. The van der Waals surface area contributed by atoms with E-state index in [0.29, 0.717) is 17.9 Å². The van der Waals surface area contributed by atoms with Crippen LogP contribution in [0.2, 0.25) is 0 Å². The fourth-order valence-corrected chi connectivity index (χ4v) is 1.29.